The van der Waals surface area contributed by atoms with Crippen LogP contribution in [0.25, 0.3) is 89.1 Å². The Morgan fingerprint density at radius 1 is 0.333 bits per heavy atom. The molecule has 57 heavy (non-hydrogen) atoms. The van der Waals surface area contributed by atoms with Crippen LogP contribution in [0.1, 0.15) is 22.6 Å². The molecular weight excluding hydrogens is 691 g/mol. The normalized spacial score (nSPS) is 12.1. The summed E-state index contributed by atoms with van der Waals surface area (Å²) < 4.78 is 0. The van der Waals surface area contributed by atoms with E-state index in [0.717, 1.165) is 61.0 Å². The lowest BCUT2D eigenvalue weighted by molar-refractivity contribution is 1.01. The molecule has 0 amide bonds. The maximum absolute atomic E-state index is 5.19. The van der Waals surface area contributed by atoms with Gasteiger partial charge in [-0.2, -0.15) is 0 Å². The molecular formula is C54H35N3. The Morgan fingerprint density at radius 3 is 1.53 bits per heavy atom. The zero-order valence-corrected chi connectivity index (χ0v) is 31.0. The third-order valence-corrected chi connectivity index (χ3v) is 11.4. The van der Waals surface area contributed by atoms with Gasteiger partial charge < -0.3 is 0 Å². The predicted octanol–water partition coefficient (Wildman–Crippen LogP) is 13.7. The quantitative estimate of drug-likeness (QED) is 0.160. The zero-order chi connectivity index (χ0) is 37.7. The van der Waals surface area contributed by atoms with Crippen LogP contribution in [0.3, 0.4) is 0 Å². The van der Waals surface area contributed by atoms with Gasteiger partial charge in [0.25, 0.3) is 0 Å². The van der Waals surface area contributed by atoms with Crippen molar-refractivity contribution >= 4 is 21.7 Å². The van der Waals surface area contributed by atoms with Crippen molar-refractivity contribution in [1.29, 1.82) is 0 Å². The molecule has 0 atom stereocenters. The molecule has 11 rings (SSSR count). The van der Waals surface area contributed by atoms with Gasteiger partial charge in [-0.05, 0) is 74.0 Å². The van der Waals surface area contributed by atoms with Crippen LogP contribution in [-0.2, 0) is 0 Å². The highest BCUT2D eigenvalue weighted by atomic mass is 14.9. The molecule has 0 saturated carbocycles. The highest BCUT2D eigenvalue weighted by Crippen LogP contribution is 2.48. The fourth-order valence-electron chi connectivity index (χ4n) is 8.65. The van der Waals surface area contributed by atoms with Crippen molar-refractivity contribution in [3.63, 3.8) is 0 Å². The van der Waals surface area contributed by atoms with Crippen LogP contribution in [0.2, 0.25) is 0 Å². The number of fused-ring (bicyclic) bond motifs is 6. The average molecular weight is 726 g/mol. The van der Waals surface area contributed by atoms with Crippen molar-refractivity contribution in [3.05, 3.63) is 223 Å². The number of hydrogen-bond acceptors (Lipinski definition) is 3. The second-order valence-corrected chi connectivity index (χ2v) is 14.7. The molecule has 1 aliphatic rings. The van der Waals surface area contributed by atoms with E-state index in [-0.39, 0.29) is 5.92 Å². The standard InChI is InChI=1S/C54H35N3/c1-4-14-35(15-5-1)47-33-49(36-16-6-2-7-17-36)55-48-31-29-40-32-41(28-30-42(40)53(47)48)51-34-50(56-54(57-51)39-18-8-3-9-19-39)37-24-26-38(27-25-37)52-45-22-12-10-20-43(45)44-21-11-13-23-46(44)52/h1-34,52H. The van der Waals surface area contributed by atoms with Crippen molar-refractivity contribution in [1.82, 2.24) is 15.0 Å². The SMILES string of the molecule is c1ccc(-c2cc(-c3ccccc3)c3c(ccc4cc(-c5cc(-c6ccc(C7c8ccccc8-c8ccccc87)cc6)nc(-c6ccccc6)n5)ccc43)n2)cc1. The molecule has 3 heteroatoms. The molecule has 3 nitrogen and oxygen atoms in total. The van der Waals surface area contributed by atoms with Gasteiger partial charge in [0, 0.05) is 33.6 Å². The third-order valence-electron chi connectivity index (χ3n) is 11.4. The minimum Gasteiger partial charge on any atom is -0.248 e. The number of rotatable bonds is 6. The Bertz CT molecular complexity index is 3060. The van der Waals surface area contributed by atoms with Gasteiger partial charge in [-0.25, -0.2) is 15.0 Å². The third kappa shape index (κ3) is 5.80. The van der Waals surface area contributed by atoms with E-state index in [4.69, 9.17) is 15.0 Å². The molecule has 0 aliphatic heterocycles. The summed E-state index contributed by atoms with van der Waals surface area (Å²) in [5.74, 6) is 0.900. The van der Waals surface area contributed by atoms with E-state index in [1.807, 2.05) is 24.3 Å². The summed E-state index contributed by atoms with van der Waals surface area (Å²) in [6.45, 7) is 0. The molecule has 1 aliphatic carbocycles. The molecule has 0 radical (unpaired) electrons. The van der Waals surface area contributed by atoms with E-state index in [0.29, 0.717) is 5.82 Å². The summed E-state index contributed by atoms with van der Waals surface area (Å²) in [5.41, 5.74) is 16.8. The zero-order valence-electron chi connectivity index (χ0n) is 31.0. The molecule has 10 aromatic rings. The molecule has 8 aromatic carbocycles. The first kappa shape index (κ1) is 32.9. The van der Waals surface area contributed by atoms with E-state index in [2.05, 4.69) is 182 Å². The minimum atomic E-state index is 0.198. The Labute approximate surface area is 331 Å². The number of aromatic nitrogens is 3. The summed E-state index contributed by atoms with van der Waals surface area (Å²) >= 11 is 0. The average Bonchev–Trinajstić information content (AvgIpc) is 3.63. The maximum Gasteiger partial charge on any atom is 0.160 e. The summed E-state index contributed by atoms with van der Waals surface area (Å²) in [7, 11) is 0. The lowest BCUT2D eigenvalue weighted by atomic mass is 9.88. The predicted molar refractivity (Wildman–Crippen MR) is 235 cm³/mol. The van der Waals surface area contributed by atoms with Crippen LogP contribution in [0.15, 0.2) is 206 Å². The van der Waals surface area contributed by atoms with Crippen molar-refractivity contribution in [2.75, 3.05) is 0 Å². The summed E-state index contributed by atoms with van der Waals surface area (Å²) in [6.07, 6.45) is 0. The largest absolute Gasteiger partial charge is 0.248 e. The lowest BCUT2D eigenvalue weighted by Crippen LogP contribution is -1.99. The van der Waals surface area contributed by atoms with Crippen LogP contribution in [0.4, 0.5) is 0 Å². The number of pyridine rings is 1. The number of nitrogens with zero attached hydrogens (tertiary/aromatic N) is 3. The van der Waals surface area contributed by atoms with Crippen LogP contribution in [0, 0.1) is 0 Å². The van der Waals surface area contributed by atoms with E-state index < -0.39 is 0 Å². The fourth-order valence-corrected chi connectivity index (χ4v) is 8.65. The first-order valence-electron chi connectivity index (χ1n) is 19.5. The van der Waals surface area contributed by atoms with Crippen molar-refractivity contribution in [3.8, 4) is 67.4 Å². The second kappa shape index (κ2) is 13.7. The van der Waals surface area contributed by atoms with Crippen LogP contribution in [-0.4, -0.2) is 15.0 Å². The lowest BCUT2D eigenvalue weighted by Gasteiger charge is -2.16. The van der Waals surface area contributed by atoms with Gasteiger partial charge in [-0.3, -0.25) is 0 Å². The van der Waals surface area contributed by atoms with E-state index in [1.165, 1.54) is 38.9 Å². The van der Waals surface area contributed by atoms with Gasteiger partial charge in [0.2, 0.25) is 0 Å². The second-order valence-electron chi connectivity index (χ2n) is 14.7. The molecule has 2 heterocycles. The van der Waals surface area contributed by atoms with Gasteiger partial charge in [0.05, 0.1) is 22.6 Å². The van der Waals surface area contributed by atoms with Crippen molar-refractivity contribution < 1.29 is 0 Å². The Morgan fingerprint density at radius 2 is 0.860 bits per heavy atom. The number of hydrogen-bond donors (Lipinski definition) is 0. The van der Waals surface area contributed by atoms with Crippen LogP contribution in [0.5, 0.6) is 0 Å². The molecule has 266 valence electrons. The van der Waals surface area contributed by atoms with E-state index >= 15 is 0 Å². The van der Waals surface area contributed by atoms with Crippen LogP contribution < -0.4 is 0 Å². The van der Waals surface area contributed by atoms with Gasteiger partial charge in [-0.1, -0.05) is 182 Å². The van der Waals surface area contributed by atoms with Crippen molar-refractivity contribution in [2.45, 2.75) is 5.92 Å². The van der Waals surface area contributed by atoms with Gasteiger partial charge in [0.15, 0.2) is 5.82 Å². The first-order chi connectivity index (χ1) is 28.2. The van der Waals surface area contributed by atoms with Gasteiger partial charge in [0.1, 0.15) is 0 Å². The Balaban J connectivity index is 1.03. The minimum absolute atomic E-state index is 0.198. The maximum atomic E-state index is 5.19. The molecule has 0 unspecified atom stereocenters. The van der Waals surface area contributed by atoms with E-state index in [1.54, 1.807) is 0 Å². The molecule has 0 N–H and O–H groups in total. The molecule has 0 saturated heterocycles. The summed E-state index contributed by atoms with van der Waals surface area (Å²) in [5, 5.41) is 3.44. The van der Waals surface area contributed by atoms with Gasteiger partial charge >= 0.3 is 0 Å². The van der Waals surface area contributed by atoms with E-state index in [9.17, 15) is 0 Å². The fraction of sp³-hybridized carbons (Fsp3) is 0.0185. The van der Waals surface area contributed by atoms with Crippen molar-refractivity contribution in [2.24, 2.45) is 0 Å². The highest BCUT2D eigenvalue weighted by Gasteiger charge is 2.29. The number of benzene rings is 8. The molecule has 2 aromatic heterocycles. The van der Waals surface area contributed by atoms with Crippen LogP contribution >= 0.6 is 0 Å². The highest BCUT2D eigenvalue weighted by molar-refractivity contribution is 6.14. The Hall–Kier alpha value is -7.49. The smallest absolute Gasteiger partial charge is 0.160 e. The Kier molecular flexibility index (Phi) is 7.89. The van der Waals surface area contributed by atoms with Gasteiger partial charge in [-0.15, -0.1) is 0 Å². The molecule has 0 fully saturated rings. The monoisotopic (exact) mass is 725 g/mol. The molecule has 0 bridgehead atoms. The summed E-state index contributed by atoms with van der Waals surface area (Å²) in [6, 6.07) is 73.3. The first-order valence-corrected chi connectivity index (χ1v) is 19.5. The molecule has 0 spiro atoms. The topological polar surface area (TPSA) is 38.7 Å². The summed E-state index contributed by atoms with van der Waals surface area (Å²) in [4.78, 5) is 15.5.